The second kappa shape index (κ2) is 5.49. The van der Waals surface area contributed by atoms with Gasteiger partial charge in [0.2, 0.25) is 0 Å². The van der Waals surface area contributed by atoms with Crippen LogP contribution in [0, 0.1) is 11.8 Å². The fourth-order valence-electron chi connectivity index (χ4n) is 2.51. The first-order valence-corrected chi connectivity index (χ1v) is 7.04. The average molecular weight is 272 g/mol. The van der Waals surface area contributed by atoms with E-state index in [1.165, 1.54) is 19.3 Å². The second-order valence-electron chi connectivity index (χ2n) is 5.21. The van der Waals surface area contributed by atoms with Gasteiger partial charge in [-0.3, -0.25) is 0 Å². The number of hydrogen-bond donors (Lipinski definition) is 1. The summed E-state index contributed by atoms with van der Waals surface area (Å²) in [7, 11) is 0. The topological polar surface area (TPSA) is 12.0 Å². The van der Waals surface area contributed by atoms with Crippen molar-refractivity contribution in [2.24, 2.45) is 11.8 Å². The first kappa shape index (κ1) is 13.0. The molecule has 1 aliphatic carbocycles. The van der Waals surface area contributed by atoms with Gasteiger partial charge < -0.3 is 5.32 Å². The Morgan fingerprint density at radius 2 is 1.88 bits per heavy atom. The zero-order chi connectivity index (χ0) is 12.4. The summed E-state index contributed by atoms with van der Waals surface area (Å²) < 4.78 is 0. The fraction of sp³-hybridized carbons (Fsp3) is 0.571. The third-order valence-corrected chi connectivity index (χ3v) is 4.73. The minimum atomic E-state index is 0.525. The van der Waals surface area contributed by atoms with E-state index >= 15 is 0 Å². The summed E-state index contributed by atoms with van der Waals surface area (Å²) in [6.07, 6.45) is 3.72. The summed E-state index contributed by atoms with van der Waals surface area (Å²) in [5, 5.41) is 4.78. The quantitative estimate of drug-likeness (QED) is 0.777. The molecule has 0 saturated heterocycles. The molecule has 0 amide bonds. The SMILES string of the molecule is CC1CCC(Nc2cccc(Cl)c2Cl)CC1C. The molecule has 94 valence electrons. The van der Waals surface area contributed by atoms with E-state index in [0.717, 1.165) is 17.5 Å². The Kier molecular flexibility index (Phi) is 4.22. The molecule has 1 aliphatic rings. The molecule has 0 aliphatic heterocycles. The standard InChI is InChI=1S/C14H19Cl2N/c1-9-6-7-11(8-10(9)2)17-13-5-3-4-12(15)14(13)16/h3-5,9-11,17H,6-8H2,1-2H3. The third kappa shape index (κ3) is 3.08. The van der Waals surface area contributed by atoms with E-state index in [1.54, 1.807) is 0 Å². The Morgan fingerprint density at radius 3 is 2.59 bits per heavy atom. The number of nitrogens with one attached hydrogen (secondary N) is 1. The van der Waals surface area contributed by atoms with Crippen molar-refractivity contribution < 1.29 is 0 Å². The molecule has 0 aromatic heterocycles. The molecule has 1 aromatic carbocycles. The maximum Gasteiger partial charge on any atom is 0.0823 e. The smallest absolute Gasteiger partial charge is 0.0823 e. The van der Waals surface area contributed by atoms with E-state index in [1.807, 2.05) is 18.2 Å². The maximum atomic E-state index is 6.18. The highest BCUT2D eigenvalue weighted by atomic mass is 35.5. The summed E-state index contributed by atoms with van der Waals surface area (Å²) in [6.45, 7) is 4.67. The summed E-state index contributed by atoms with van der Waals surface area (Å²) in [5.74, 6) is 1.61. The van der Waals surface area contributed by atoms with Gasteiger partial charge in [-0.25, -0.2) is 0 Å². The van der Waals surface area contributed by atoms with Gasteiger partial charge in [-0.15, -0.1) is 0 Å². The van der Waals surface area contributed by atoms with E-state index < -0.39 is 0 Å². The third-order valence-electron chi connectivity index (χ3n) is 3.91. The van der Waals surface area contributed by atoms with Crippen molar-refractivity contribution in [1.82, 2.24) is 0 Å². The second-order valence-corrected chi connectivity index (χ2v) is 6.00. The van der Waals surface area contributed by atoms with Crippen LogP contribution in [0.3, 0.4) is 0 Å². The average Bonchev–Trinajstić information content (AvgIpc) is 2.30. The summed E-state index contributed by atoms with van der Waals surface area (Å²) in [4.78, 5) is 0. The molecule has 0 bridgehead atoms. The molecule has 3 heteroatoms. The molecule has 1 fully saturated rings. The van der Waals surface area contributed by atoms with Crippen LogP contribution in [-0.4, -0.2) is 6.04 Å². The van der Waals surface area contributed by atoms with Crippen LogP contribution < -0.4 is 5.32 Å². The van der Waals surface area contributed by atoms with Crippen LogP contribution in [0.25, 0.3) is 0 Å². The molecule has 1 aromatic rings. The first-order chi connectivity index (χ1) is 8.08. The molecule has 1 nitrogen and oxygen atoms in total. The van der Waals surface area contributed by atoms with Gasteiger partial charge in [-0.05, 0) is 43.2 Å². The van der Waals surface area contributed by atoms with Crippen LogP contribution >= 0.6 is 23.2 Å². The Hall–Kier alpha value is -0.400. The van der Waals surface area contributed by atoms with Crippen molar-refractivity contribution >= 4 is 28.9 Å². The lowest BCUT2D eigenvalue weighted by molar-refractivity contribution is 0.261. The number of halogens is 2. The lowest BCUT2D eigenvalue weighted by Crippen LogP contribution is -2.30. The van der Waals surface area contributed by atoms with Crippen LogP contribution in [0.5, 0.6) is 0 Å². The highest BCUT2D eigenvalue weighted by molar-refractivity contribution is 6.43. The largest absolute Gasteiger partial charge is 0.381 e. The Balaban J connectivity index is 2.04. The number of rotatable bonds is 2. The van der Waals surface area contributed by atoms with Crippen LogP contribution in [-0.2, 0) is 0 Å². The lowest BCUT2D eigenvalue weighted by atomic mass is 9.79. The lowest BCUT2D eigenvalue weighted by Gasteiger charge is -2.33. The Morgan fingerprint density at radius 1 is 1.12 bits per heavy atom. The molecule has 1 N–H and O–H groups in total. The van der Waals surface area contributed by atoms with Crippen LogP contribution in [0.2, 0.25) is 10.0 Å². The predicted octanol–water partition coefficient (Wildman–Crippen LogP) is 5.23. The minimum absolute atomic E-state index is 0.525. The van der Waals surface area contributed by atoms with Crippen LogP contribution in [0.1, 0.15) is 33.1 Å². The van der Waals surface area contributed by atoms with E-state index in [-0.39, 0.29) is 0 Å². The number of hydrogen-bond acceptors (Lipinski definition) is 1. The molecule has 2 rings (SSSR count). The van der Waals surface area contributed by atoms with Crippen molar-refractivity contribution in [3.8, 4) is 0 Å². The fourth-order valence-corrected chi connectivity index (χ4v) is 2.87. The van der Waals surface area contributed by atoms with Gasteiger partial charge in [-0.2, -0.15) is 0 Å². The van der Waals surface area contributed by atoms with Gasteiger partial charge in [-0.1, -0.05) is 43.1 Å². The summed E-state index contributed by atoms with van der Waals surface area (Å²) >= 11 is 12.2. The van der Waals surface area contributed by atoms with E-state index in [9.17, 15) is 0 Å². The van der Waals surface area contributed by atoms with Gasteiger partial charge in [0, 0.05) is 6.04 Å². The van der Waals surface area contributed by atoms with E-state index in [2.05, 4.69) is 19.2 Å². The van der Waals surface area contributed by atoms with Crippen LogP contribution in [0.15, 0.2) is 18.2 Å². The van der Waals surface area contributed by atoms with Gasteiger partial charge in [0.25, 0.3) is 0 Å². The number of anilines is 1. The Labute approximate surface area is 114 Å². The van der Waals surface area contributed by atoms with Crippen LogP contribution in [0.4, 0.5) is 5.69 Å². The maximum absolute atomic E-state index is 6.18. The molecule has 3 unspecified atom stereocenters. The molecule has 1 saturated carbocycles. The van der Waals surface area contributed by atoms with Gasteiger partial charge in [0.15, 0.2) is 0 Å². The normalized spacial score (nSPS) is 29.1. The Bertz CT molecular complexity index is 392. The van der Waals surface area contributed by atoms with E-state index in [0.29, 0.717) is 16.1 Å². The predicted molar refractivity (Wildman–Crippen MR) is 76.1 cm³/mol. The highest BCUT2D eigenvalue weighted by Gasteiger charge is 2.24. The van der Waals surface area contributed by atoms with Crippen molar-refractivity contribution in [2.45, 2.75) is 39.2 Å². The zero-order valence-electron chi connectivity index (χ0n) is 10.3. The summed E-state index contributed by atoms with van der Waals surface area (Å²) in [5.41, 5.74) is 0.964. The minimum Gasteiger partial charge on any atom is -0.381 e. The van der Waals surface area contributed by atoms with Crippen molar-refractivity contribution in [2.75, 3.05) is 5.32 Å². The van der Waals surface area contributed by atoms with Gasteiger partial charge in [0.05, 0.1) is 15.7 Å². The molecular weight excluding hydrogens is 253 g/mol. The molecule has 17 heavy (non-hydrogen) atoms. The molecular formula is C14H19Cl2N. The molecule has 0 radical (unpaired) electrons. The summed E-state index contributed by atoms with van der Waals surface area (Å²) in [6, 6.07) is 6.28. The van der Waals surface area contributed by atoms with Crippen molar-refractivity contribution in [3.63, 3.8) is 0 Å². The van der Waals surface area contributed by atoms with Crippen molar-refractivity contribution in [1.29, 1.82) is 0 Å². The highest BCUT2D eigenvalue weighted by Crippen LogP contribution is 2.34. The monoisotopic (exact) mass is 271 g/mol. The molecule has 0 heterocycles. The zero-order valence-corrected chi connectivity index (χ0v) is 11.9. The van der Waals surface area contributed by atoms with Gasteiger partial charge >= 0.3 is 0 Å². The van der Waals surface area contributed by atoms with E-state index in [4.69, 9.17) is 23.2 Å². The first-order valence-electron chi connectivity index (χ1n) is 6.28. The molecule has 3 atom stereocenters. The van der Waals surface area contributed by atoms with Crippen molar-refractivity contribution in [3.05, 3.63) is 28.2 Å². The number of benzene rings is 1. The van der Waals surface area contributed by atoms with Gasteiger partial charge in [0.1, 0.15) is 0 Å². The molecule has 0 spiro atoms.